The lowest BCUT2D eigenvalue weighted by Crippen LogP contribution is -2.03. The van der Waals surface area contributed by atoms with Crippen molar-refractivity contribution in [2.75, 3.05) is 6.61 Å². The molecule has 1 rings (SSSR count). The Hall–Kier alpha value is -1.31. The van der Waals surface area contributed by atoms with Crippen molar-refractivity contribution in [1.82, 2.24) is 0 Å². The molecule has 0 N–H and O–H groups in total. The Morgan fingerprint density at radius 1 is 1.38 bits per heavy atom. The fraction of sp³-hybridized carbons (Fsp3) is 0.500. The predicted octanol–water partition coefficient (Wildman–Crippen LogP) is 3.62. The quantitative estimate of drug-likeness (QED) is 0.540. The average molecular weight is 220 g/mol. The Balaban J connectivity index is 2.55. The van der Waals surface area contributed by atoms with Crippen LogP contribution in [0.25, 0.3) is 0 Å². The normalized spacial score (nSPS) is 10.5. The first kappa shape index (κ1) is 12.8. The van der Waals surface area contributed by atoms with E-state index in [9.17, 15) is 4.79 Å². The van der Waals surface area contributed by atoms with Crippen LogP contribution in [-0.2, 0) is 0 Å². The highest BCUT2D eigenvalue weighted by Crippen LogP contribution is 2.22. The molecule has 0 fully saturated rings. The third-order valence-electron chi connectivity index (χ3n) is 2.54. The van der Waals surface area contributed by atoms with Gasteiger partial charge in [0.1, 0.15) is 5.75 Å². The molecule has 2 heteroatoms. The SMILES string of the molecule is Cc1cccc(C=O)c1OCCCC(C)C. The van der Waals surface area contributed by atoms with Crippen LogP contribution >= 0.6 is 0 Å². The van der Waals surface area contributed by atoms with Gasteiger partial charge in [0.25, 0.3) is 0 Å². The number of hydrogen-bond donors (Lipinski definition) is 0. The summed E-state index contributed by atoms with van der Waals surface area (Å²) < 4.78 is 5.68. The Kier molecular flexibility index (Phi) is 5.03. The Morgan fingerprint density at radius 2 is 2.12 bits per heavy atom. The number of rotatable bonds is 6. The molecule has 1 aromatic carbocycles. The van der Waals surface area contributed by atoms with Crippen molar-refractivity contribution in [3.05, 3.63) is 29.3 Å². The van der Waals surface area contributed by atoms with Crippen LogP contribution in [0.3, 0.4) is 0 Å². The highest BCUT2D eigenvalue weighted by Gasteiger charge is 2.05. The molecule has 0 saturated heterocycles. The predicted molar refractivity (Wildman–Crippen MR) is 66.1 cm³/mol. The van der Waals surface area contributed by atoms with Crippen molar-refractivity contribution < 1.29 is 9.53 Å². The lowest BCUT2D eigenvalue weighted by molar-refractivity contribution is 0.111. The second kappa shape index (κ2) is 6.31. The van der Waals surface area contributed by atoms with E-state index in [0.717, 1.165) is 30.4 Å². The highest BCUT2D eigenvalue weighted by atomic mass is 16.5. The maximum atomic E-state index is 10.8. The number of aldehydes is 1. The fourth-order valence-corrected chi connectivity index (χ4v) is 1.63. The molecular weight excluding hydrogens is 200 g/mol. The molecule has 0 aromatic heterocycles. The maximum absolute atomic E-state index is 10.8. The third-order valence-corrected chi connectivity index (χ3v) is 2.54. The van der Waals surface area contributed by atoms with E-state index < -0.39 is 0 Å². The van der Waals surface area contributed by atoms with Crippen LogP contribution in [0.15, 0.2) is 18.2 Å². The van der Waals surface area contributed by atoms with Gasteiger partial charge in [-0.05, 0) is 37.3 Å². The molecule has 0 aliphatic rings. The van der Waals surface area contributed by atoms with Crippen molar-refractivity contribution in [3.8, 4) is 5.75 Å². The number of benzene rings is 1. The molecule has 16 heavy (non-hydrogen) atoms. The van der Waals surface area contributed by atoms with E-state index in [-0.39, 0.29) is 0 Å². The summed E-state index contributed by atoms with van der Waals surface area (Å²) in [6.07, 6.45) is 3.04. The number of aryl methyl sites for hydroxylation is 1. The number of ether oxygens (including phenoxy) is 1. The number of para-hydroxylation sites is 1. The van der Waals surface area contributed by atoms with Gasteiger partial charge in [-0.1, -0.05) is 26.0 Å². The third kappa shape index (κ3) is 3.69. The molecular formula is C14H20O2. The molecule has 0 heterocycles. The Morgan fingerprint density at radius 3 is 2.75 bits per heavy atom. The topological polar surface area (TPSA) is 26.3 Å². The molecule has 0 bridgehead atoms. The first-order valence-electron chi connectivity index (χ1n) is 5.82. The number of carbonyl (C=O) groups is 1. The summed E-state index contributed by atoms with van der Waals surface area (Å²) in [7, 11) is 0. The van der Waals surface area contributed by atoms with E-state index in [1.165, 1.54) is 0 Å². The van der Waals surface area contributed by atoms with Gasteiger partial charge in [-0.25, -0.2) is 0 Å². The Bertz CT molecular complexity index is 343. The maximum Gasteiger partial charge on any atom is 0.153 e. The van der Waals surface area contributed by atoms with E-state index in [1.54, 1.807) is 6.07 Å². The van der Waals surface area contributed by atoms with Crippen LogP contribution in [-0.4, -0.2) is 12.9 Å². The number of carbonyl (C=O) groups excluding carboxylic acids is 1. The zero-order chi connectivity index (χ0) is 12.0. The van der Waals surface area contributed by atoms with Gasteiger partial charge in [0, 0.05) is 0 Å². The molecule has 0 saturated carbocycles. The molecule has 0 aliphatic carbocycles. The first-order valence-corrected chi connectivity index (χ1v) is 5.82. The minimum Gasteiger partial charge on any atom is -0.493 e. The van der Waals surface area contributed by atoms with Crippen LogP contribution in [0.4, 0.5) is 0 Å². The summed E-state index contributed by atoms with van der Waals surface area (Å²) in [5.74, 6) is 1.44. The van der Waals surface area contributed by atoms with E-state index in [4.69, 9.17) is 4.74 Å². The van der Waals surface area contributed by atoms with Gasteiger partial charge >= 0.3 is 0 Å². The van der Waals surface area contributed by atoms with Gasteiger partial charge in [0.05, 0.1) is 12.2 Å². The second-order valence-corrected chi connectivity index (χ2v) is 4.50. The summed E-state index contributed by atoms with van der Waals surface area (Å²) >= 11 is 0. The van der Waals surface area contributed by atoms with Gasteiger partial charge in [-0.15, -0.1) is 0 Å². The van der Waals surface area contributed by atoms with E-state index in [2.05, 4.69) is 13.8 Å². The summed E-state index contributed by atoms with van der Waals surface area (Å²) in [5.41, 5.74) is 1.67. The van der Waals surface area contributed by atoms with E-state index in [0.29, 0.717) is 18.1 Å². The molecule has 0 unspecified atom stereocenters. The van der Waals surface area contributed by atoms with Gasteiger partial charge in [0.2, 0.25) is 0 Å². The molecule has 0 amide bonds. The van der Waals surface area contributed by atoms with Crippen LogP contribution in [0.1, 0.15) is 42.6 Å². The summed E-state index contributed by atoms with van der Waals surface area (Å²) in [6, 6.07) is 5.63. The largest absolute Gasteiger partial charge is 0.493 e. The molecule has 0 aliphatic heterocycles. The molecule has 2 nitrogen and oxygen atoms in total. The zero-order valence-electron chi connectivity index (χ0n) is 10.3. The smallest absolute Gasteiger partial charge is 0.153 e. The minimum absolute atomic E-state index is 0.643. The monoisotopic (exact) mass is 220 g/mol. The molecule has 0 atom stereocenters. The van der Waals surface area contributed by atoms with E-state index in [1.807, 2.05) is 19.1 Å². The highest BCUT2D eigenvalue weighted by molar-refractivity contribution is 5.80. The molecule has 1 aromatic rings. The lowest BCUT2D eigenvalue weighted by Gasteiger charge is -2.11. The lowest BCUT2D eigenvalue weighted by atomic mass is 10.1. The van der Waals surface area contributed by atoms with Crippen LogP contribution in [0.2, 0.25) is 0 Å². The summed E-state index contributed by atoms with van der Waals surface area (Å²) in [4.78, 5) is 10.8. The van der Waals surface area contributed by atoms with Gasteiger partial charge in [-0.3, -0.25) is 4.79 Å². The van der Waals surface area contributed by atoms with Crippen LogP contribution in [0.5, 0.6) is 5.75 Å². The average Bonchev–Trinajstić information content (AvgIpc) is 2.25. The molecule has 0 radical (unpaired) electrons. The van der Waals surface area contributed by atoms with Crippen molar-refractivity contribution >= 4 is 6.29 Å². The van der Waals surface area contributed by atoms with Crippen molar-refractivity contribution in [3.63, 3.8) is 0 Å². The van der Waals surface area contributed by atoms with Gasteiger partial charge < -0.3 is 4.74 Å². The first-order chi connectivity index (χ1) is 7.65. The van der Waals surface area contributed by atoms with Crippen molar-refractivity contribution in [2.45, 2.75) is 33.6 Å². The molecule has 88 valence electrons. The van der Waals surface area contributed by atoms with E-state index >= 15 is 0 Å². The Labute approximate surface area is 97.6 Å². The van der Waals surface area contributed by atoms with Gasteiger partial charge in [-0.2, -0.15) is 0 Å². The van der Waals surface area contributed by atoms with Gasteiger partial charge in [0.15, 0.2) is 6.29 Å². The zero-order valence-corrected chi connectivity index (χ0v) is 10.3. The molecule has 0 spiro atoms. The van der Waals surface area contributed by atoms with Crippen LogP contribution < -0.4 is 4.74 Å². The van der Waals surface area contributed by atoms with Crippen LogP contribution in [0, 0.1) is 12.8 Å². The summed E-state index contributed by atoms with van der Waals surface area (Å²) in [5, 5.41) is 0. The standard InChI is InChI=1S/C14H20O2/c1-11(2)6-5-9-16-14-12(3)7-4-8-13(14)10-15/h4,7-8,10-11H,5-6,9H2,1-3H3. The minimum atomic E-state index is 0.643. The number of hydrogen-bond acceptors (Lipinski definition) is 2. The second-order valence-electron chi connectivity index (χ2n) is 4.50. The van der Waals surface area contributed by atoms with Crippen molar-refractivity contribution in [2.24, 2.45) is 5.92 Å². The van der Waals surface area contributed by atoms with Crippen molar-refractivity contribution in [1.29, 1.82) is 0 Å². The fourth-order valence-electron chi connectivity index (χ4n) is 1.63. The summed E-state index contributed by atoms with van der Waals surface area (Å²) in [6.45, 7) is 7.05.